The molecule has 2 aromatic heterocycles. The van der Waals surface area contributed by atoms with Crippen LogP contribution >= 0.6 is 0 Å². The minimum absolute atomic E-state index is 0. The van der Waals surface area contributed by atoms with E-state index in [0.717, 1.165) is 22.4 Å². The molecular formula is C25H22N5OPt-3. The van der Waals surface area contributed by atoms with Crippen molar-refractivity contribution in [2.24, 2.45) is 0 Å². The van der Waals surface area contributed by atoms with Crippen LogP contribution in [-0.4, -0.2) is 26.7 Å². The molecule has 4 aromatic rings. The maximum absolute atomic E-state index is 6.08. The van der Waals surface area contributed by atoms with Gasteiger partial charge in [-0.3, -0.25) is 0 Å². The molecule has 0 bridgehead atoms. The zero-order chi connectivity index (χ0) is 21.4. The van der Waals surface area contributed by atoms with Crippen LogP contribution in [0.4, 0.5) is 5.69 Å². The zero-order valence-electron chi connectivity index (χ0n) is 18.0. The van der Waals surface area contributed by atoms with Crippen molar-refractivity contribution in [2.75, 3.05) is 11.9 Å². The molecular weight excluding hydrogens is 581 g/mol. The molecule has 0 atom stereocenters. The third kappa shape index (κ3) is 4.41. The maximum Gasteiger partial charge on any atom is 0.151 e. The van der Waals surface area contributed by atoms with Crippen molar-refractivity contribution in [2.45, 2.75) is 19.8 Å². The van der Waals surface area contributed by atoms with Crippen LogP contribution in [0.15, 0.2) is 67.3 Å². The summed E-state index contributed by atoms with van der Waals surface area (Å²) < 4.78 is 7.88. The summed E-state index contributed by atoms with van der Waals surface area (Å²) in [4.78, 5) is 8.47. The fraction of sp³-hybridized carbons (Fsp3) is 0.160. The van der Waals surface area contributed by atoms with Crippen LogP contribution < -0.4 is 9.64 Å². The molecule has 166 valence electrons. The van der Waals surface area contributed by atoms with Gasteiger partial charge < -0.3 is 14.5 Å². The molecule has 2 aromatic carbocycles. The Labute approximate surface area is 202 Å². The van der Waals surface area contributed by atoms with Gasteiger partial charge in [-0.05, 0) is 48.6 Å². The first kappa shape index (κ1) is 22.1. The SMILES string of the molecule is CC(C)c1ccnc(-n2ncc3ccc(Oc4[c-]c(N5C=CN(C)[CH-]5)ccc4)[c-]c32)c1.[Pt]. The van der Waals surface area contributed by atoms with Crippen LogP contribution in [-0.2, 0) is 21.1 Å². The molecule has 0 aliphatic carbocycles. The van der Waals surface area contributed by atoms with E-state index in [0.29, 0.717) is 17.4 Å². The van der Waals surface area contributed by atoms with Crippen molar-refractivity contribution in [3.05, 3.63) is 91.6 Å². The number of benzene rings is 2. The molecule has 7 heteroatoms. The van der Waals surface area contributed by atoms with Crippen molar-refractivity contribution in [3.8, 4) is 17.3 Å². The molecule has 0 saturated carbocycles. The predicted molar refractivity (Wildman–Crippen MR) is 121 cm³/mol. The topological polar surface area (TPSA) is 46.4 Å². The molecule has 0 unspecified atom stereocenters. The first-order chi connectivity index (χ1) is 15.1. The average molecular weight is 604 g/mol. The van der Waals surface area contributed by atoms with Gasteiger partial charge in [0.1, 0.15) is 0 Å². The van der Waals surface area contributed by atoms with Crippen LogP contribution in [0.1, 0.15) is 25.3 Å². The summed E-state index contributed by atoms with van der Waals surface area (Å²) in [5.41, 5.74) is 2.93. The van der Waals surface area contributed by atoms with Gasteiger partial charge in [-0.2, -0.15) is 23.9 Å². The van der Waals surface area contributed by atoms with E-state index in [2.05, 4.69) is 42.1 Å². The van der Waals surface area contributed by atoms with Crippen LogP contribution in [0, 0.1) is 18.8 Å². The Bertz CT molecular complexity index is 1270. The quantitative estimate of drug-likeness (QED) is 0.291. The van der Waals surface area contributed by atoms with E-state index in [1.165, 1.54) is 5.56 Å². The first-order valence-corrected chi connectivity index (χ1v) is 10.2. The largest absolute Gasteiger partial charge is 0.510 e. The van der Waals surface area contributed by atoms with E-state index in [1.54, 1.807) is 4.68 Å². The summed E-state index contributed by atoms with van der Waals surface area (Å²) in [5.74, 6) is 2.40. The van der Waals surface area contributed by atoms with E-state index in [-0.39, 0.29) is 21.1 Å². The molecule has 0 radical (unpaired) electrons. The normalized spacial score (nSPS) is 13.1. The van der Waals surface area contributed by atoms with Gasteiger partial charge in [-0.1, -0.05) is 19.2 Å². The number of nitrogens with zero attached hydrogens (tertiary/aromatic N) is 5. The van der Waals surface area contributed by atoms with Crippen molar-refractivity contribution >= 4 is 16.6 Å². The molecule has 0 spiro atoms. The second-order valence-electron chi connectivity index (χ2n) is 7.77. The van der Waals surface area contributed by atoms with Gasteiger partial charge in [-0.15, -0.1) is 36.0 Å². The summed E-state index contributed by atoms with van der Waals surface area (Å²) in [7, 11) is 1.98. The number of anilines is 1. The Morgan fingerprint density at radius 1 is 1.03 bits per heavy atom. The first-order valence-electron chi connectivity index (χ1n) is 10.2. The number of aromatic nitrogens is 3. The van der Waals surface area contributed by atoms with Gasteiger partial charge in [0.05, 0.1) is 0 Å². The Hall–Kier alpha value is -3.11. The van der Waals surface area contributed by atoms with Gasteiger partial charge in [0.2, 0.25) is 0 Å². The van der Waals surface area contributed by atoms with Crippen molar-refractivity contribution in [3.63, 3.8) is 0 Å². The number of fused-ring (bicyclic) bond motifs is 1. The maximum atomic E-state index is 6.08. The second-order valence-corrected chi connectivity index (χ2v) is 7.77. The molecule has 3 heterocycles. The number of hydrogen-bond acceptors (Lipinski definition) is 5. The second kappa shape index (κ2) is 9.17. The van der Waals surface area contributed by atoms with Crippen molar-refractivity contribution < 1.29 is 25.8 Å². The fourth-order valence-corrected chi connectivity index (χ4v) is 3.43. The molecule has 0 amide bonds. The van der Waals surface area contributed by atoms with Gasteiger partial charge in [0, 0.05) is 45.0 Å². The molecule has 1 aliphatic rings. The molecule has 0 saturated heterocycles. The average Bonchev–Trinajstić information content (AvgIpc) is 3.40. The molecule has 0 N–H and O–H groups in total. The Balaban J connectivity index is 0.00000245. The van der Waals surface area contributed by atoms with E-state index in [4.69, 9.17) is 4.74 Å². The molecule has 0 fully saturated rings. The molecule has 1 aliphatic heterocycles. The number of rotatable bonds is 5. The standard InChI is InChI=1S/C25H22N5O.Pt/c1-18(2)19-9-10-26-25(13-19)30-24-15-23(8-7-20(24)16-27-30)31-22-6-4-5-21(14-22)29-12-11-28(3)17-29;/h4-13,16-18H,1-3H3;/q-3;. The summed E-state index contributed by atoms with van der Waals surface area (Å²) in [6.45, 7) is 6.30. The van der Waals surface area contributed by atoms with E-state index in [9.17, 15) is 0 Å². The van der Waals surface area contributed by atoms with E-state index < -0.39 is 0 Å². The summed E-state index contributed by atoms with van der Waals surface area (Å²) in [5, 5.41) is 5.50. The van der Waals surface area contributed by atoms with Crippen LogP contribution in [0.25, 0.3) is 16.7 Å². The minimum atomic E-state index is 0. The molecule has 6 nitrogen and oxygen atoms in total. The van der Waals surface area contributed by atoms with Gasteiger partial charge in [0.25, 0.3) is 0 Å². The van der Waals surface area contributed by atoms with Gasteiger partial charge in [0.15, 0.2) is 5.82 Å². The third-order valence-electron chi connectivity index (χ3n) is 5.13. The van der Waals surface area contributed by atoms with Crippen molar-refractivity contribution in [1.82, 2.24) is 19.7 Å². The number of hydrogen-bond donors (Lipinski definition) is 0. The minimum Gasteiger partial charge on any atom is -0.510 e. The van der Waals surface area contributed by atoms with Gasteiger partial charge >= 0.3 is 0 Å². The van der Waals surface area contributed by atoms with Crippen LogP contribution in [0.3, 0.4) is 0 Å². The zero-order valence-corrected chi connectivity index (χ0v) is 20.2. The van der Waals surface area contributed by atoms with Gasteiger partial charge in [-0.25, -0.2) is 9.67 Å². The molecule has 5 rings (SSSR count). The summed E-state index contributed by atoms with van der Waals surface area (Å²) in [6, 6.07) is 20.4. The number of ether oxygens (including phenoxy) is 1. The molecule has 32 heavy (non-hydrogen) atoms. The predicted octanol–water partition coefficient (Wildman–Crippen LogP) is 5.28. The van der Waals surface area contributed by atoms with E-state index >= 15 is 0 Å². The Morgan fingerprint density at radius 3 is 2.66 bits per heavy atom. The summed E-state index contributed by atoms with van der Waals surface area (Å²) in [6.07, 6.45) is 7.59. The third-order valence-corrected chi connectivity index (χ3v) is 5.13. The fourth-order valence-electron chi connectivity index (χ4n) is 3.43. The number of pyridine rings is 1. The Kier molecular flexibility index (Phi) is 6.33. The van der Waals surface area contributed by atoms with E-state index in [1.807, 2.05) is 84.7 Å². The Morgan fingerprint density at radius 2 is 1.88 bits per heavy atom. The summed E-state index contributed by atoms with van der Waals surface area (Å²) >= 11 is 0. The van der Waals surface area contributed by atoms with Crippen molar-refractivity contribution in [1.29, 1.82) is 0 Å². The monoisotopic (exact) mass is 603 g/mol. The smallest absolute Gasteiger partial charge is 0.151 e. The van der Waals surface area contributed by atoms with Crippen LogP contribution in [0.5, 0.6) is 11.5 Å². The van der Waals surface area contributed by atoms with Crippen LogP contribution in [0.2, 0.25) is 0 Å².